The predicted molar refractivity (Wildman–Crippen MR) is 48.0 cm³/mol. The van der Waals surface area contributed by atoms with Gasteiger partial charge in [-0.3, -0.25) is 4.98 Å². The zero-order chi connectivity index (χ0) is 10.7. The Morgan fingerprint density at radius 2 is 2.21 bits per heavy atom. The fraction of sp³-hybridized carbons (Fsp3) is 0.375. The predicted octanol–water partition coefficient (Wildman–Crippen LogP) is 1.62. The molecule has 0 spiro atoms. The summed E-state index contributed by atoms with van der Waals surface area (Å²) in [5, 5.41) is 8.70. The minimum absolute atomic E-state index is 0.0935. The van der Waals surface area contributed by atoms with Crippen molar-refractivity contribution in [2.24, 2.45) is 5.73 Å². The van der Waals surface area contributed by atoms with Gasteiger partial charge in [0.15, 0.2) is 0 Å². The summed E-state index contributed by atoms with van der Waals surface area (Å²) in [6, 6.07) is 1.28. The minimum Gasteiger partial charge on any atom is -0.390 e. The smallest absolute Gasteiger partial charge is 0.267 e. The number of hydrogen-bond donors (Lipinski definition) is 2. The molecule has 0 saturated carbocycles. The summed E-state index contributed by atoms with van der Waals surface area (Å²) in [7, 11) is 0. The van der Waals surface area contributed by atoms with E-state index in [0.717, 1.165) is 0 Å². The Labute approximate surface area is 84.5 Å². The first kappa shape index (κ1) is 11.3. The van der Waals surface area contributed by atoms with Crippen LogP contribution in [0.1, 0.15) is 23.4 Å². The third-order valence-electron chi connectivity index (χ3n) is 1.72. The monoisotopic (exact) mass is 222 g/mol. The minimum atomic E-state index is -2.75. The standard InChI is InChI=1S/C8H9ClF2N2O/c9-5-1-4(2-12)13-6(3-14)7(5)8(10)11/h1,8,14H,2-3,12H2. The molecule has 0 aromatic carbocycles. The lowest BCUT2D eigenvalue weighted by Crippen LogP contribution is -2.06. The number of rotatable bonds is 3. The summed E-state index contributed by atoms with van der Waals surface area (Å²) in [6.07, 6.45) is -2.75. The van der Waals surface area contributed by atoms with Crippen LogP contribution >= 0.6 is 11.6 Å². The number of pyridine rings is 1. The van der Waals surface area contributed by atoms with E-state index in [0.29, 0.717) is 5.69 Å². The normalized spacial score (nSPS) is 11.0. The van der Waals surface area contributed by atoms with E-state index in [4.69, 9.17) is 22.4 Å². The van der Waals surface area contributed by atoms with Gasteiger partial charge in [-0.05, 0) is 6.07 Å². The Kier molecular flexibility index (Phi) is 3.74. The number of aliphatic hydroxyl groups excluding tert-OH is 1. The molecule has 14 heavy (non-hydrogen) atoms. The van der Waals surface area contributed by atoms with E-state index in [2.05, 4.69) is 4.98 Å². The van der Waals surface area contributed by atoms with Crippen LogP contribution in [0.2, 0.25) is 5.02 Å². The largest absolute Gasteiger partial charge is 0.390 e. The van der Waals surface area contributed by atoms with Crippen LogP contribution < -0.4 is 5.73 Å². The number of nitrogens with two attached hydrogens (primary N) is 1. The second-order valence-corrected chi connectivity index (χ2v) is 3.03. The van der Waals surface area contributed by atoms with Gasteiger partial charge < -0.3 is 10.8 Å². The molecule has 6 heteroatoms. The Balaban J connectivity index is 3.27. The molecule has 0 bridgehead atoms. The van der Waals surface area contributed by atoms with Gasteiger partial charge >= 0.3 is 0 Å². The van der Waals surface area contributed by atoms with E-state index in [1.54, 1.807) is 0 Å². The molecule has 0 unspecified atom stereocenters. The first-order valence-electron chi connectivity index (χ1n) is 3.87. The van der Waals surface area contributed by atoms with Gasteiger partial charge in [0.2, 0.25) is 0 Å². The molecule has 0 saturated heterocycles. The van der Waals surface area contributed by atoms with Gasteiger partial charge in [-0.1, -0.05) is 11.6 Å². The SMILES string of the molecule is NCc1cc(Cl)c(C(F)F)c(CO)n1. The third kappa shape index (κ3) is 2.17. The van der Waals surface area contributed by atoms with Crippen LogP contribution in [0, 0.1) is 0 Å². The molecular formula is C8H9ClF2N2O. The Morgan fingerprint density at radius 3 is 2.64 bits per heavy atom. The van der Waals surface area contributed by atoms with Crippen molar-refractivity contribution >= 4 is 11.6 Å². The molecule has 1 heterocycles. The number of hydrogen-bond acceptors (Lipinski definition) is 3. The third-order valence-corrected chi connectivity index (χ3v) is 2.03. The quantitative estimate of drug-likeness (QED) is 0.817. The number of halogens is 3. The highest BCUT2D eigenvalue weighted by Gasteiger charge is 2.18. The summed E-state index contributed by atoms with van der Waals surface area (Å²) in [5.41, 5.74) is 5.11. The lowest BCUT2D eigenvalue weighted by Gasteiger charge is -2.09. The van der Waals surface area contributed by atoms with Crippen LogP contribution in [0.25, 0.3) is 0 Å². The van der Waals surface area contributed by atoms with Crippen molar-refractivity contribution in [2.45, 2.75) is 19.6 Å². The van der Waals surface area contributed by atoms with Crippen LogP contribution in [0.15, 0.2) is 6.07 Å². The zero-order valence-electron chi connectivity index (χ0n) is 7.17. The Morgan fingerprint density at radius 1 is 1.57 bits per heavy atom. The molecule has 0 radical (unpaired) electrons. The van der Waals surface area contributed by atoms with Gasteiger partial charge in [-0.25, -0.2) is 8.78 Å². The first-order chi connectivity index (χ1) is 6.60. The maximum atomic E-state index is 12.4. The molecule has 3 nitrogen and oxygen atoms in total. The Bertz CT molecular complexity index is 333. The first-order valence-corrected chi connectivity index (χ1v) is 4.25. The molecule has 78 valence electrons. The summed E-state index contributed by atoms with van der Waals surface area (Å²) in [5.74, 6) is 0. The number of alkyl halides is 2. The lowest BCUT2D eigenvalue weighted by molar-refractivity contribution is 0.146. The molecule has 0 atom stereocenters. The topological polar surface area (TPSA) is 59.1 Å². The molecule has 3 N–H and O–H groups in total. The molecule has 1 aromatic rings. The van der Waals surface area contributed by atoms with Crippen molar-refractivity contribution in [1.82, 2.24) is 4.98 Å². The van der Waals surface area contributed by atoms with Crippen LogP contribution in [0.4, 0.5) is 8.78 Å². The molecule has 1 aromatic heterocycles. The summed E-state index contributed by atoms with van der Waals surface area (Å²) in [4.78, 5) is 3.75. The van der Waals surface area contributed by atoms with Crippen molar-refractivity contribution in [1.29, 1.82) is 0 Å². The van der Waals surface area contributed by atoms with Crippen molar-refractivity contribution < 1.29 is 13.9 Å². The number of nitrogens with zero attached hydrogens (tertiary/aromatic N) is 1. The van der Waals surface area contributed by atoms with Crippen molar-refractivity contribution in [2.75, 3.05) is 0 Å². The van der Waals surface area contributed by atoms with Crippen molar-refractivity contribution in [3.05, 3.63) is 28.0 Å². The van der Waals surface area contributed by atoms with E-state index in [1.807, 2.05) is 0 Å². The molecule has 1 rings (SSSR count). The molecule has 0 fully saturated rings. The molecule has 0 aliphatic carbocycles. The van der Waals surface area contributed by atoms with E-state index >= 15 is 0 Å². The van der Waals surface area contributed by atoms with Crippen LogP contribution in [-0.4, -0.2) is 10.1 Å². The van der Waals surface area contributed by atoms with E-state index in [9.17, 15) is 8.78 Å². The molecule has 0 amide bonds. The van der Waals surface area contributed by atoms with Gasteiger partial charge in [0, 0.05) is 6.54 Å². The molecule has 0 aliphatic rings. The van der Waals surface area contributed by atoms with Gasteiger partial charge in [0.25, 0.3) is 6.43 Å². The van der Waals surface area contributed by atoms with Crippen molar-refractivity contribution in [3.8, 4) is 0 Å². The highest BCUT2D eigenvalue weighted by Crippen LogP contribution is 2.29. The van der Waals surface area contributed by atoms with E-state index in [1.165, 1.54) is 6.07 Å². The van der Waals surface area contributed by atoms with Crippen molar-refractivity contribution in [3.63, 3.8) is 0 Å². The highest BCUT2D eigenvalue weighted by molar-refractivity contribution is 6.31. The van der Waals surface area contributed by atoms with E-state index in [-0.39, 0.29) is 17.3 Å². The van der Waals surface area contributed by atoms with Gasteiger partial charge in [-0.15, -0.1) is 0 Å². The highest BCUT2D eigenvalue weighted by atomic mass is 35.5. The number of aliphatic hydroxyl groups is 1. The van der Waals surface area contributed by atoms with Gasteiger partial charge in [0.1, 0.15) is 0 Å². The second-order valence-electron chi connectivity index (χ2n) is 2.62. The molecular weight excluding hydrogens is 214 g/mol. The molecule has 0 aliphatic heterocycles. The average Bonchev–Trinajstić information content (AvgIpc) is 2.15. The average molecular weight is 223 g/mol. The fourth-order valence-electron chi connectivity index (χ4n) is 1.08. The fourth-order valence-corrected chi connectivity index (χ4v) is 1.40. The summed E-state index contributed by atoms with van der Waals surface area (Å²) < 4.78 is 24.9. The second kappa shape index (κ2) is 4.63. The van der Waals surface area contributed by atoms with E-state index < -0.39 is 18.6 Å². The van der Waals surface area contributed by atoms with Crippen LogP contribution in [0.3, 0.4) is 0 Å². The van der Waals surface area contributed by atoms with Crippen LogP contribution in [0.5, 0.6) is 0 Å². The number of aromatic nitrogens is 1. The Hall–Kier alpha value is -0.780. The maximum absolute atomic E-state index is 12.4. The summed E-state index contributed by atoms with van der Waals surface area (Å²) in [6.45, 7) is -0.483. The zero-order valence-corrected chi connectivity index (χ0v) is 7.93. The lowest BCUT2D eigenvalue weighted by atomic mass is 10.2. The van der Waals surface area contributed by atoms with Gasteiger partial charge in [0.05, 0.1) is 28.6 Å². The summed E-state index contributed by atoms with van der Waals surface area (Å²) >= 11 is 5.60. The maximum Gasteiger partial charge on any atom is 0.267 e. The van der Waals surface area contributed by atoms with Gasteiger partial charge in [-0.2, -0.15) is 0 Å². The van der Waals surface area contributed by atoms with Crippen LogP contribution in [-0.2, 0) is 13.2 Å².